The van der Waals surface area contributed by atoms with Crippen molar-refractivity contribution in [2.75, 3.05) is 5.73 Å². The maximum Gasteiger partial charge on any atom is 0.123 e. The van der Waals surface area contributed by atoms with Crippen LogP contribution in [-0.4, -0.2) is 0 Å². The monoisotopic (exact) mass is 309 g/mol. The summed E-state index contributed by atoms with van der Waals surface area (Å²) >= 11 is 3.37. The number of halogens is 2. The van der Waals surface area contributed by atoms with Crippen LogP contribution in [0, 0.1) is 12.7 Å². The van der Waals surface area contributed by atoms with Crippen molar-refractivity contribution in [3.05, 3.63) is 57.8 Å². The number of anilines is 1. The fourth-order valence-electron chi connectivity index (χ4n) is 1.64. The van der Waals surface area contributed by atoms with E-state index in [4.69, 9.17) is 10.5 Å². The Hall–Kier alpha value is -1.55. The largest absolute Gasteiger partial charge is 0.489 e. The minimum atomic E-state index is -0.272. The van der Waals surface area contributed by atoms with E-state index in [1.165, 1.54) is 12.1 Å². The van der Waals surface area contributed by atoms with Crippen LogP contribution in [0.1, 0.15) is 11.1 Å². The van der Waals surface area contributed by atoms with Crippen LogP contribution in [-0.2, 0) is 6.61 Å². The molecule has 0 radical (unpaired) electrons. The standard InChI is InChI=1S/C14H13BrFNO/c1-9-6-12(17)3-5-14(9)18-8-10-7-11(16)2-4-13(10)15/h2-7H,8,17H2,1H3. The van der Waals surface area contributed by atoms with Gasteiger partial charge in [-0.3, -0.25) is 0 Å². The SMILES string of the molecule is Cc1cc(N)ccc1OCc1cc(F)ccc1Br. The van der Waals surface area contributed by atoms with Crippen LogP contribution in [0.15, 0.2) is 40.9 Å². The summed E-state index contributed by atoms with van der Waals surface area (Å²) in [7, 11) is 0. The molecule has 2 aromatic carbocycles. The molecule has 18 heavy (non-hydrogen) atoms. The number of nitrogens with two attached hydrogens (primary N) is 1. The minimum Gasteiger partial charge on any atom is -0.489 e. The molecule has 0 saturated carbocycles. The molecule has 0 spiro atoms. The number of ether oxygens (including phenoxy) is 1. The van der Waals surface area contributed by atoms with E-state index in [1.807, 2.05) is 19.1 Å². The van der Waals surface area contributed by atoms with Gasteiger partial charge in [0, 0.05) is 15.7 Å². The second-order valence-corrected chi connectivity index (χ2v) is 4.90. The van der Waals surface area contributed by atoms with Crippen molar-refractivity contribution in [2.24, 2.45) is 0 Å². The van der Waals surface area contributed by atoms with E-state index in [-0.39, 0.29) is 5.82 Å². The molecule has 0 saturated heterocycles. The predicted molar refractivity (Wildman–Crippen MR) is 74.0 cm³/mol. The molecule has 0 amide bonds. The number of benzene rings is 2. The van der Waals surface area contributed by atoms with Gasteiger partial charge in [0.15, 0.2) is 0 Å². The van der Waals surface area contributed by atoms with Gasteiger partial charge in [0.2, 0.25) is 0 Å². The van der Waals surface area contributed by atoms with E-state index in [9.17, 15) is 4.39 Å². The normalized spacial score (nSPS) is 10.4. The molecule has 0 heterocycles. The molecular weight excluding hydrogens is 297 g/mol. The van der Waals surface area contributed by atoms with E-state index in [0.717, 1.165) is 21.3 Å². The van der Waals surface area contributed by atoms with Gasteiger partial charge >= 0.3 is 0 Å². The fraction of sp³-hybridized carbons (Fsp3) is 0.143. The van der Waals surface area contributed by atoms with Crippen LogP contribution in [0.25, 0.3) is 0 Å². The van der Waals surface area contributed by atoms with Crippen molar-refractivity contribution in [2.45, 2.75) is 13.5 Å². The van der Waals surface area contributed by atoms with Crippen molar-refractivity contribution in [3.8, 4) is 5.75 Å². The highest BCUT2D eigenvalue weighted by atomic mass is 79.9. The minimum absolute atomic E-state index is 0.272. The quantitative estimate of drug-likeness (QED) is 0.868. The smallest absolute Gasteiger partial charge is 0.123 e. The maximum atomic E-state index is 13.1. The topological polar surface area (TPSA) is 35.2 Å². The van der Waals surface area contributed by atoms with Crippen LogP contribution in [0.2, 0.25) is 0 Å². The zero-order valence-electron chi connectivity index (χ0n) is 9.91. The van der Waals surface area contributed by atoms with Gasteiger partial charge in [-0.15, -0.1) is 0 Å². The molecule has 2 aromatic rings. The third-order valence-corrected chi connectivity index (χ3v) is 3.36. The number of hydrogen-bond acceptors (Lipinski definition) is 2. The van der Waals surface area contributed by atoms with Crippen molar-refractivity contribution in [1.29, 1.82) is 0 Å². The highest BCUT2D eigenvalue weighted by molar-refractivity contribution is 9.10. The van der Waals surface area contributed by atoms with Gasteiger partial charge in [-0.1, -0.05) is 15.9 Å². The lowest BCUT2D eigenvalue weighted by Gasteiger charge is -2.11. The Kier molecular flexibility index (Phi) is 3.87. The zero-order chi connectivity index (χ0) is 13.1. The van der Waals surface area contributed by atoms with Gasteiger partial charge in [-0.25, -0.2) is 4.39 Å². The van der Waals surface area contributed by atoms with Crippen LogP contribution in [0.5, 0.6) is 5.75 Å². The first-order valence-corrected chi connectivity index (χ1v) is 6.28. The first kappa shape index (κ1) is 12.9. The lowest BCUT2D eigenvalue weighted by Crippen LogP contribution is -1.99. The van der Waals surface area contributed by atoms with Crippen LogP contribution in [0.3, 0.4) is 0 Å². The summed E-state index contributed by atoms with van der Waals surface area (Å²) in [4.78, 5) is 0. The summed E-state index contributed by atoms with van der Waals surface area (Å²) in [6.07, 6.45) is 0. The molecule has 0 aromatic heterocycles. The summed E-state index contributed by atoms with van der Waals surface area (Å²) in [6, 6.07) is 9.97. The Morgan fingerprint density at radius 1 is 1.22 bits per heavy atom. The van der Waals surface area contributed by atoms with Crippen LogP contribution >= 0.6 is 15.9 Å². The van der Waals surface area contributed by atoms with E-state index in [1.54, 1.807) is 12.1 Å². The van der Waals surface area contributed by atoms with Gasteiger partial charge in [0.05, 0.1) is 0 Å². The fourth-order valence-corrected chi connectivity index (χ4v) is 2.01. The van der Waals surface area contributed by atoms with Gasteiger partial charge in [-0.2, -0.15) is 0 Å². The van der Waals surface area contributed by atoms with E-state index in [0.29, 0.717) is 12.3 Å². The second kappa shape index (κ2) is 5.40. The maximum absolute atomic E-state index is 13.1. The number of hydrogen-bond donors (Lipinski definition) is 1. The van der Waals surface area contributed by atoms with Gasteiger partial charge in [0.25, 0.3) is 0 Å². The molecule has 2 rings (SSSR count). The summed E-state index contributed by atoms with van der Waals surface area (Å²) < 4.78 is 19.6. The van der Waals surface area contributed by atoms with E-state index in [2.05, 4.69) is 15.9 Å². The Morgan fingerprint density at radius 2 is 2.00 bits per heavy atom. The molecule has 94 valence electrons. The first-order valence-electron chi connectivity index (χ1n) is 5.49. The highest BCUT2D eigenvalue weighted by Gasteiger charge is 2.05. The Morgan fingerprint density at radius 3 is 2.72 bits per heavy atom. The summed E-state index contributed by atoms with van der Waals surface area (Å²) in [5.41, 5.74) is 8.10. The highest BCUT2D eigenvalue weighted by Crippen LogP contribution is 2.24. The number of nitrogen functional groups attached to an aromatic ring is 1. The predicted octanol–water partition coefficient (Wildman–Crippen LogP) is 4.06. The second-order valence-electron chi connectivity index (χ2n) is 4.05. The molecular formula is C14H13BrFNO. The van der Waals surface area contributed by atoms with Gasteiger partial charge in [-0.05, 0) is 48.9 Å². The lowest BCUT2D eigenvalue weighted by atomic mass is 10.2. The Labute approximate surface area is 114 Å². The van der Waals surface area contributed by atoms with Crippen LogP contribution < -0.4 is 10.5 Å². The molecule has 4 heteroatoms. The average molecular weight is 310 g/mol. The average Bonchev–Trinajstić information content (AvgIpc) is 2.32. The van der Waals surface area contributed by atoms with Crippen molar-refractivity contribution in [3.63, 3.8) is 0 Å². The van der Waals surface area contributed by atoms with Crippen molar-refractivity contribution in [1.82, 2.24) is 0 Å². The summed E-state index contributed by atoms with van der Waals surface area (Å²) in [5.74, 6) is 0.478. The van der Waals surface area contributed by atoms with E-state index < -0.39 is 0 Å². The number of rotatable bonds is 3. The van der Waals surface area contributed by atoms with Gasteiger partial charge in [0.1, 0.15) is 18.2 Å². The molecule has 0 unspecified atom stereocenters. The third kappa shape index (κ3) is 3.01. The van der Waals surface area contributed by atoms with Crippen LogP contribution in [0.4, 0.5) is 10.1 Å². The molecule has 2 nitrogen and oxygen atoms in total. The molecule has 2 N–H and O–H groups in total. The zero-order valence-corrected chi connectivity index (χ0v) is 11.5. The lowest BCUT2D eigenvalue weighted by molar-refractivity contribution is 0.303. The molecule has 0 aliphatic heterocycles. The molecule has 0 atom stereocenters. The Balaban J connectivity index is 2.13. The first-order chi connectivity index (χ1) is 8.56. The molecule has 0 bridgehead atoms. The number of aryl methyl sites for hydroxylation is 1. The van der Waals surface area contributed by atoms with Crippen molar-refractivity contribution >= 4 is 21.6 Å². The van der Waals surface area contributed by atoms with E-state index >= 15 is 0 Å². The third-order valence-electron chi connectivity index (χ3n) is 2.59. The molecule has 0 fully saturated rings. The summed E-state index contributed by atoms with van der Waals surface area (Å²) in [5, 5.41) is 0. The molecule has 0 aliphatic rings. The Bertz CT molecular complexity index is 572. The summed E-state index contributed by atoms with van der Waals surface area (Å²) in [6.45, 7) is 2.23. The van der Waals surface area contributed by atoms with Gasteiger partial charge < -0.3 is 10.5 Å². The van der Waals surface area contributed by atoms with Crippen molar-refractivity contribution < 1.29 is 9.13 Å². The molecule has 0 aliphatic carbocycles.